The van der Waals surface area contributed by atoms with E-state index in [-0.39, 0.29) is 0 Å². The molecular weight excluding hydrogens is 278 g/mol. The molecule has 1 heterocycles. The number of nitrogens with one attached hydrogen (secondary N) is 1. The van der Waals surface area contributed by atoms with E-state index >= 15 is 0 Å². The highest BCUT2D eigenvalue weighted by Crippen LogP contribution is 2.33. The Kier molecular flexibility index (Phi) is 6.49. The summed E-state index contributed by atoms with van der Waals surface area (Å²) in [6.45, 7) is 8.96. The van der Waals surface area contributed by atoms with Crippen LogP contribution in [0.2, 0.25) is 0 Å². The van der Waals surface area contributed by atoms with E-state index in [0.29, 0.717) is 0 Å². The van der Waals surface area contributed by atoms with Crippen LogP contribution in [0.5, 0.6) is 0 Å². The van der Waals surface area contributed by atoms with Gasteiger partial charge in [0.2, 0.25) is 0 Å². The Bertz CT molecular complexity index is 422. The van der Waals surface area contributed by atoms with E-state index in [1.165, 1.54) is 47.8 Å². The van der Waals surface area contributed by atoms with Crippen LogP contribution in [0.1, 0.15) is 63.4 Å². The molecule has 4 heteroatoms. The van der Waals surface area contributed by atoms with Gasteiger partial charge in [-0.15, -0.1) is 11.3 Å². The normalized spacial score (nSPS) is 16.0. The van der Waals surface area contributed by atoms with Crippen LogP contribution in [0.25, 0.3) is 0 Å². The summed E-state index contributed by atoms with van der Waals surface area (Å²) in [5, 5.41) is 4.55. The third-order valence-corrected chi connectivity index (χ3v) is 5.53. The van der Waals surface area contributed by atoms with Crippen molar-refractivity contribution >= 4 is 16.5 Å². The molecule has 0 aromatic carbocycles. The molecule has 120 valence electrons. The summed E-state index contributed by atoms with van der Waals surface area (Å²) < 4.78 is 0. The van der Waals surface area contributed by atoms with Crippen LogP contribution < -0.4 is 10.2 Å². The zero-order valence-electron chi connectivity index (χ0n) is 14.1. The quantitative estimate of drug-likeness (QED) is 0.779. The van der Waals surface area contributed by atoms with Gasteiger partial charge in [-0.1, -0.05) is 33.6 Å². The second-order valence-electron chi connectivity index (χ2n) is 6.56. The standard InChI is InChI=1S/C17H31N3S/c1-5-15-16(12-18-4)21-17(19-15)20(11-10-13(2)3)14-8-6-7-9-14/h13-14,18H,5-12H2,1-4H3. The molecule has 0 saturated heterocycles. The summed E-state index contributed by atoms with van der Waals surface area (Å²) in [5.41, 5.74) is 1.29. The smallest absolute Gasteiger partial charge is 0.186 e. The summed E-state index contributed by atoms with van der Waals surface area (Å²) in [5.74, 6) is 0.760. The van der Waals surface area contributed by atoms with Gasteiger partial charge in [-0.05, 0) is 38.6 Å². The van der Waals surface area contributed by atoms with Gasteiger partial charge in [0.05, 0.1) is 5.69 Å². The van der Waals surface area contributed by atoms with Crippen molar-refractivity contribution in [3.05, 3.63) is 10.6 Å². The second-order valence-corrected chi connectivity index (χ2v) is 7.63. The molecule has 2 rings (SSSR count). The molecule has 1 aliphatic carbocycles. The molecule has 1 aromatic rings. The fourth-order valence-corrected chi connectivity index (χ4v) is 4.37. The Morgan fingerprint density at radius 1 is 1.33 bits per heavy atom. The van der Waals surface area contributed by atoms with Crippen LogP contribution in [-0.4, -0.2) is 24.6 Å². The maximum absolute atomic E-state index is 4.97. The summed E-state index contributed by atoms with van der Waals surface area (Å²) in [7, 11) is 2.02. The van der Waals surface area contributed by atoms with Crippen LogP contribution >= 0.6 is 11.3 Å². The number of thiazole rings is 1. The summed E-state index contributed by atoms with van der Waals surface area (Å²) in [6.07, 6.45) is 7.77. The highest BCUT2D eigenvalue weighted by Gasteiger charge is 2.25. The SMILES string of the molecule is CCc1nc(N(CCC(C)C)C2CCCC2)sc1CNC. The van der Waals surface area contributed by atoms with Crippen molar-refractivity contribution in [2.45, 2.75) is 71.9 Å². The van der Waals surface area contributed by atoms with Crippen LogP contribution in [0.4, 0.5) is 5.13 Å². The van der Waals surface area contributed by atoms with E-state index in [1.807, 2.05) is 18.4 Å². The Labute approximate surface area is 134 Å². The first-order valence-corrected chi connectivity index (χ1v) is 9.37. The first-order valence-electron chi connectivity index (χ1n) is 8.55. The first kappa shape index (κ1) is 16.8. The molecule has 3 nitrogen and oxygen atoms in total. The highest BCUT2D eigenvalue weighted by molar-refractivity contribution is 7.15. The van der Waals surface area contributed by atoms with E-state index in [9.17, 15) is 0 Å². The number of rotatable bonds is 8. The molecule has 1 saturated carbocycles. The van der Waals surface area contributed by atoms with Crippen molar-refractivity contribution in [2.24, 2.45) is 5.92 Å². The lowest BCUT2D eigenvalue weighted by molar-refractivity contribution is 0.527. The average molecular weight is 310 g/mol. The minimum atomic E-state index is 0.724. The van der Waals surface area contributed by atoms with Crippen molar-refractivity contribution in [3.63, 3.8) is 0 Å². The highest BCUT2D eigenvalue weighted by atomic mass is 32.1. The Hall–Kier alpha value is -0.610. The first-order chi connectivity index (χ1) is 10.2. The Balaban J connectivity index is 2.18. The molecule has 0 aliphatic heterocycles. The van der Waals surface area contributed by atoms with Gasteiger partial charge < -0.3 is 10.2 Å². The molecule has 0 atom stereocenters. The Morgan fingerprint density at radius 2 is 2.05 bits per heavy atom. The van der Waals surface area contributed by atoms with Crippen molar-refractivity contribution < 1.29 is 0 Å². The van der Waals surface area contributed by atoms with E-state index in [0.717, 1.165) is 31.5 Å². The zero-order valence-corrected chi connectivity index (χ0v) is 14.9. The van der Waals surface area contributed by atoms with Crippen molar-refractivity contribution in [1.82, 2.24) is 10.3 Å². The van der Waals surface area contributed by atoms with Gasteiger partial charge in [0.25, 0.3) is 0 Å². The van der Waals surface area contributed by atoms with E-state index in [4.69, 9.17) is 4.98 Å². The minimum absolute atomic E-state index is 0.724. The van der Waals surface area contributed by atoms with Crippen LogP contribution in [0, 0.1) is 5.92 Å². The number of hydrogen-bond acceptors (Lipinski definition) is 4. The molecule has 0 amide bonds. The molecule has 0 unspecified atom stereocenters. The van der Waals surface area contributed by atoms with Gasteiger partial charge in [-0.2, -0.15) is 0 Å². The number of aryl methyl sites for hydroxylation is 1. The monoisotopic (exact) mass is 309 g/mol. The predicted molar refractivity (Wildman–Crippen MR) is 93.3 cm³/mol. The summed E-state index contributed by atoms with van der Waals surface area (Å²) in [6, 6.07) is 0.724. The fourth-order valence-electron chi connectivity index (χ4n) is 3.12. The van der Waals surface area contributed by atoms with E-state index in [1.54, 1.807) is 0 Å². The van der Waals surface area contributed by atoms with Crippen LogP contribution in [-0.2, 0) is 13.0 Å². The lowest BCUT2D eigenvalue weighted by Crippen LogP contribution is -2.34. The van der Waals surface area contributed by atoms with Crippen LogP contribution in [0.3, 0.4) is 0 Å². The maximum Gasteiger partial charge on any atom is 0.186 e. The Morgan fingerprint density at radius 3 is 2.62 bits per heavy atom. The van der Waals surface area contributed by atoms with Gasteiger partial charge in [0.15, 0.2) is 5.13 Å². The lowest BCUT2D eigenvalue weighted by atomic mass is 10.1. The largest absolute Gasteiger partial charge is 0.345 e. The maximum atomic E-state index is 4.97. The van der Waals surface area contributed by atoms with Gasteiger partial charge in [-0.25, -0.2) is 4.98 Å². The van der Waals surface area contributed by atoms with Crippen molar-refractivity contribution in [3.8, 4) is 0 Å². The lowest BCUT2D eigenvalue weighted by Gasteiger charge is -2.29. The molecule has 1 N–H and O–H groups in total. The molecule has 0 spiro atoms. The molecular formula is C17H31N3S. The van der Waals surface area contributed by atoms with E-state index < -0.39 is 0 Å². The molecule has 1 aromatic heterocycles. The number of nitrogens with zero attached hydrogens (tertiary/aromatic N) is 2. The third-order valence-electron chi connectivity index (χ3n) is 4.40. The zero-order chi connectivity index (χ0) is 15.2. The van der Waals surface area contributed by atoms with Crippen LogP contribution in [0.15, 0.2) is 0 Å². The second kappa shape index (κ2) is 8.14. The molecule has 1 fully saturated rings. The van der Waals surface area contributed by atoms with E-state index in [2.05, 4.69) is 31.0 Å². The molecule has 0 radical (unpaired) electrons. The summed E-state index contributed by atoms with van der Waals surface area (Å²) in [4.78, 5) is 9.01. The molecule has 21 heavy (non-hydrogen) atoms. The number of aromatic nitrogens is 1. The predicted octanol–water partition coefficient (Wildman–Crippen LogP) is 4.22. The van der Waals surface area contributed by atoms with Gasteiger partial charge >= 0.3 is 0 Å². The van der Waals surface area contributed by atoms with Crippen molar-refractivity contribution in [1.29, 1.82) is 0 Å². The topological polar surface area (TPSA) is 28.2 Å². The fraction of sp³-hybridized carbons (Fsp3) is 0.824. The summed E-state index contributed by atoms with van der Waals surface area (Å²) >= 11 is 1.91. The van der Waals surface area contributed by atoms with Gasteiger partial charge in [0, 0.05) is 24.0 Å². The molecule has 0 bridgehead atoms. The van der Waals surface area contributed by atoms with Gasteiger partial charge in [0.1, 0.15) is 0 Å². The molecule has 1 aliphatic rings. The minimum Gasteiger partial charge on any atom is -0.345 e. The van der Waals surface area contributed by atoms with Crippen molar-refractivity contribution in [2.75, 3.05) is 18.5 Å². The number of hydrogen-bond donors (Lipinski definition) is 1. The average Bonchev–Trinajstić information content (AvgIpc) is 3.09. The number of anilines is 1. The third kappa shape index (κ3) is 4.43. The van der Waals surface area contributed by atoms with Gasteiger partial charge in [-0.3, -0.25) is 0 Å².